The zero-order chi connectivity index (χ0) is 19.1. The number of phosphoric ester groups is 1. The number of unbranched alkanes of at least 4 members (excludes halogenated alkanes) is 3. The molecule has 10 heteroatoms. The molecule has 1 unspecified atom stereocenters. The molecule has 25 heavy (non-hydrogen) atoms. The van der Waals surface area contributed by atoms with Gasteiger partial charge in [0, 0.05) is 19.4 Å². The number of nitrogens with two attached hydrogens (primary N) is 1. The second kappa shape index (κ2) is 14.2. The standard InChI is InChI=1S/C15H30NO8P/c1-3-5-6-7-8-15(18)24-13(11-21-14(17)4-2)12-23-25(19,20)22-10-9-16/h13H,3-12,16H2,1-2H3,(H,19,20)/t13-/m1/s1. The van der Waals surface area contributed by atoms with Crippen LogP contribution >= 0.6 is 7.82 Å². The van der Waals surface area contributed by atoms with E-state index in [2.05, 4.69) is 11.4 Å². The van der Waals surface area contributed by atoms with Gasteiger partial charge in [0.2, 0.25) is 0 Å². The number of carbonyl (C=O) groups is 2. The second-order valence-corrected chi connectivity index (χ2v) is 6.80. The summed E-state index contributed by atoms with van der Waals surface area (Å²) in [6.07, 6.45) is 3.07. The van der Waals surface area contributed by atoms with Crippen LogP contribution in [0.2, 0.25) is 0 Å². The van der Waals surface area contributed by atoms with Gasteiger partial charge >= 0.3 is 19.8 Å². The van der Waals surface area contributed by atoms with Gasteiger partial charge in [-0.1, -0.05) is 33.1 Å². The lowest BCUT2D eigenvalue weighted by Gasteiger charge is -2.19. The highest BCUT2D eigenvalue weighted by Gasteiger charge is 2.25. The number of esters is 2. The molecule has 0 spiro atoms. The second-order valence-electron chi connectivity index (χ2n) is 5.35. The normalized spacial score (nSPS) is 14.6. The van der Waals surface area contributed by atoms with Crippen molar-refractivity contribution in [3.63, 3.8) is 0 Å². The Bertz CT molecular complexity index is 432. The Labute approximate surface area is 148 Å². The van der Waals surface area contributed by atoms with Crippen LogP contribution < -0.4 is 5.73 Å². The lowest BCUT2D eigenvalue weighted by molar-refractivity contribution is -0.161. The van der Waals surface area contributed by atoms with E-state index < -0.39 is 32.5 Å². The molecule has 0 aromatic heterocycles. The fourth-order valence-electron chi connectivity index (χ4n) is 1.73. The first kappa shape index (κ1) is 24.0. The monoisotopic (exact) mass is 383 g/mol. The van der Waals surface area contributed by atoms with Crippen LogP contribution in [0.3, 0.4) is 0 Å². The Morgan fingerprint density at radius 1 is 1.08 bits per heavy atom. The third-order valence-electron chi connectivity index (χ3n) is 3.05. The summed E-state index contributed by atoms with van der Waals surface area (Å²) in [5.74, 6) is -0.955. The van der Waals surface area contributed by atoms with Gasteiger partial charge in [-0.25, -0.2) is 4.57 Å². The minimum atomic E-state index is -4.30. The smallest absolute Gasteiger partial charge is 0.462 e. The molecule has 0 aromatic carbocycles. The predicted octanol–water partition coefficient (Wildman–Crippen LogP) is 1.91. The molecule has 0 aromatic rings. The third-order valence-corrected chi connectivity index (χ3v) is 4.03. The Hall–Kier alpha value is -0.990. The molecular weight excluding hydrogens is 353 g/mol. The molecule has 0 rings (SSSR count). The van der Waals surface area contributed by atoms with Gasteiger partial charge in [-0.3, -0.25) is 18.6 Å². The van der Waals surface area contributed by atoms with E-state index in [1.54, 1.807) is 6.92 Å². The first-order valence-electron chi connectivity index (χ1n) is 8.51. The van der Waals surface area contributed by atoms with Crippen LogP contribution in [-0.2, 0) is 32.7 Å². The van der Waals surface area contributed by atoms with E-state index in [4.69, 9.17) is 19.7 Å². The van der Waals surface area contributed by atoms with E-state index in [9.17, 15) is 19.0 Å². The summed E-state index contributed by atoms with van der Waals surface area (Å²) in [6.45, 7) is 2.89. The first-order valence-corrected chi connectivity index (χ1v) is 10.0. The van der Waals surface area contributed by atoms with Crippen LogP contribution in [0.4, 0.5) is 0 Å². The van der Waals surface area contributed by atoms with Crippen molar-refractivity contribution in [1.82, 2.24) is 0 Å². The lowest BCUT2D eigenvalue weighted by Crippen LogP contribution is -2.29. The maximum absolute atomic E-state index is 11.8. The Kier molecular flexibility index (Phi) is 13.6. The summed E-state index contributed by atoms with van der Waals surface area (Å²) in [5.41, 5.74) is 5.18. The molecule has 0 aliphatic heterocycles. The minimum Gasteiger partial charge on any atom is -0.462 e. The summed E-state index contributed by atoms with van der Waals surface area (Å²) >= 11 is 0. The summed E-state index contributed by atoms with van der Waals surface area (Å²) in [5, 5.41) is 0. The van der Waals surface area contributed by atoms with E-state index in [-0.39, 0.29) is 32.6 Å². The summed E-state index contributed by atoms with van der Waals surface area (Å²) in [6, 6.07) is 0. The topological polar surface area (TPSA) is 134 Å². The van der Waals surface area contributed by atoms with Crippen molar-refractivity contribution in [3.05, 3.63) is 0 Å². The summed E-state index contributed by atoms with van der Waals surface area (Å²) < 4.78 is 31.1. The minimum absolute atomic E-state index is 0.0538. The van der Waals surface area contributed by atoms with E-state index in [1.807, 2.05) is 0 Å². The lowest BCUT2D eigenvalue weighted by atomic mass is 10.1. The van der Waals surface area contributed by atoms with Crippen molar-refractivity contribution in [3.8, 4) is 0 Å². The molecular formula is C15H30NO8P. The summed E-state index contributed by atoms with van der Waals surface area (Å²) in [4.78, 5) is 32.5. The number of phosphoric acid groups is 1. The van der Waals surface area contributed by atoms with Gasteiger partial charge in [0.25, 0.3) is 0 Å². The number of carbonyl (C=O) groups excluding carboxylic acids is 2. The van der Waals surface area contributed by atoms with Crippen molar-refractivity contribution < 1.29 is 37.6 Å². The van der Waals surface area contributed by atoms with Crippen molar-refractivity contribution in [2.75, 3.05) is 26.4 Å². The quantitative estimate of drug-likeness (QED) is 0.247. The molecule has 9 nitrogen and oxygen atoms in total. The first-order chi connectivity index (χ1) is 11.8. The van der Waals surface area contributed by atoms with Gasteiger partial charge in [-0.05, 0) is 6.42 Å². The molecule has 0 radical (unpaired) electrons. The largest absolute Gasteiger partial charge is 0.472 e. The predicted molar refractivity (Wildman–Crippen MR) is 90.7 cm³/mol. The van der Waals surface area contributed by atoms with Crippen molar-refractivity contribution in [2.24, 2.45) is 5.73 Å². The maximum Gasteiger partial charge on any atom is 0.472 e. The highest BCUT2D eigenvalue weighted by Crippen LogP contribution is 2.43. The molecule has 0 saturated carbocycles. The highest BCUT2D eigenvalue weighted by molar-refractivity contribution is 7.47. The van der Waals surface area contributed by atoms with Gasteiger partial charge in [-0.2, -0.15) is 0 Å². The molecule has 0 fully saturated rings. The van der Waals surface area contributed by atoms with Crippen LogP contribution in [0.15, 0.2) is 0 Å². The SMILES string of the molecule is CCCCCCC(=O)O[C@H](COC(=O)CC)COP(=O)(O)OCCN. The average molecular weight is 383 g/mol. The van der Waals surface area contributed by atoms with Crippen molar-refractivity contribution in [1.29, 1.82) is 0 Å². The number of hydrogen-bond acceptors (Lipinski definition) is 8. The number of rotatable bonds is 15. The summed E-state index contributed by atoms with van der Waals surface area (Å²) in [7, 11) is -4.30. The zero-order valence-corrected chi connectivity index (χ0v) is 15.9. The molecule has 3 N–H and O–H groups in total. The van der Waals surface area contributed by atoms with Crippen LogP contribution in [0, 0.1) is 0 Å². The molecule has 0 aliphatic rings. The van der Waals surface area contributed by atoms with Crippen LogP contribution in [0.25, 0.3) is 0 Å². The van der Waals surface area contributed by atoms with E-state index in [0.717, 1.165) is 19.3 Å². The molecule has 0 amide bonds. The average Bonchev–Trinajstić information content (AvgIpc) is 2.59. The van der Waals surface area contributed by atoms with Gasteiger partial charge in [0.05, 0.1) is 13.2 Å². The highest BCUT2D eigenvalue weighted by atomic mass is 31.2. The van der Waals surface area contributed by atoms with Gasteiger partial charge < -0.3 is 20.1 Å². The van der Waals surface area contributed by atoms with E-state index in [0.29, 0.717) is 6.42 Å². The van der Waals surface area contributed by atoms with Crippen molar-refractivity contribution in [2.45, 2.75) is 58.5 Å². The fourth-order valence-corrected chi connectivity index (χ4v) is 2.49. The Morgan fingerprint density at radius 2 is 1.80 bits per heavy atom. The van der Waals surface area contributed by atoms with Crippen LogP contribution in [0.5, 0.6) is 0 Å². The molecule has 0 saturated heterocycles. The van der Waals surface area contributed by atoms with Gasteiger partial charge in [-0.15, -0.1) is 0 Å². The molecule has 0 heterocycles. The van der Waals surface area contributed by atoms with Crippen molar-refractivity contribution >= 4 is 19.8 Å². The third kappa shape index (κ3) is 13.9. The fraction of sp³-hybridized carbons (Fsp3) is 0.867. The molecule has 0 bridgehead atoms. The number of ether oxygens (including phenoxy) is 2. The van der Waals surface area contributed by atoms with E-state index in [1.165, 1.54) is 0 Å². The van der Waals surface area contributed by atoms with Gasteiger partial charge in [0.15, 0.2) is 6.10 Å². The molecule has 148 valence electrons. The van der Waals surface area contributed by atoms with Crippen LogP contribution in [-0.4, -0.2) is 49.3 Å². The maximum atomic E-state index is 11.8. The zero-order valence-electron chi connectivity index (χ0n) is 15.0. The molecule has 2 atom stereocenters. The molecule has 0 aliphatic carbocycles. The van der Waals surface area contributed by atoms with Gasteiger partial charge in [0.1, 0.15) is 6.61 Å². The van der Waals surface area contributed by atoms with Crippen LogP contribution in [0.1, 0.15) is 52.4 Å². The number of hydrogen-bond donors (Lipinski definition) is 2. The Morgan fingerprint density at radius 3 is 2.40 bits per heavy atom. The van der Waals surface area contributed by atoms with E-state index >= 15 is 0 Å². The Balaban J connectivity index is 4.46.